The highest BCUT2D eigenvalue weighted by atomic mass is 19.1. The predicted octanol–water partition coefficient (Wildman–Crippen LogP) is -0.678. The minimum Gasteiger partial charge on any atom is -0.370 e. The Balaban J connectivity index is 2.70. The lowest BCUT2D eigenvalue weighted by atomic mass is 10.1. The average Bonchev–Trinajstić information content (AvgIpc) is 2.09. The Morgan fingerprint density at radius 3 is 2.86 bits per heavy atom. The van der Waals surface area contributed by atoms with E-state index >= 15 is 0 Å². The zero-order valence-electron chi connectivity index (χ0n) is 8.42. The topological polar surface area (TPSA) is 79.7 Å². The molecule has 0 spiro atoms. The van der Waals surface area contributed by atoms with Crippen molar-refractivity contribution in [3.8, 4) is 0 Å². The molecule has 5 N–H and O–H groups in total. The maximum Gasteiger partial charge on any atom is 0.195 e. The first kappa shape index (κ1) is 10.9. The maximum atomic E-state index is 13.3. The van der Waals surface area contributed by atoms with Crippen LogP contribution in [0.3, 0.4) is 0 Å². The fourth-order valence-electron chi connectivity index (χ4n) is 1.13. The van der Waals surface area contributed by atoms with Crippen molar-refractivity contribution in [1.29, 1.82) is 0 Å². The number of nitrogens with two attached hydrogens (primary N) is 2. The van der Waals surface area contributed by atoms with Crippen molar-refractivity contribution in [2.75, 3.05) is 20.6 Å². The van der Waals surface area contributed by atoms with E-state index in [4.69, 9.17) is 11.5 Å². The molecule has 1 aliphatic heterocycles. The van der Waals surface area contributed by atoms with Crippen LogP contribution in [0.25, 0.3) is 0 Å². The molecule has 0 aliphatic carbocycles. The molecule has 0 aromatic rings. The van der Waals surface area contributed by atoms with Crippen molar-refractivity contribution in [3.63, 3.8) is 0 Å². The summed E-state index contributed by atoms with van der Waals surface area (Å²) < 4.78 is 13.3. The van der Waals surface area contributed by atoms with Gasteiger partial charge in [-0.15, -0.1) is 0 Å². The first-order chi connectivity index (χ1) is 6.44. The molecule has 1 unspecified atom stereocenters. The van der Waals surface area contributed by atoms with Crippen LogP contribution in [-0.4, -0.2) is 37.2 Å². The summed E-state index contributed by atoms with van der Waals surface area (Å²) in [5.41, 5.74) is 9.87. The number of halogens is 1. The number of aliphatic imine (C=N–C) groups is 1. The van der Waals surface area contributed by atoms with Gasteiger partial charge < -0.3 is 21.7 Å². The molecule has 0 fully saturated rings. The summed E-state index contributed by atoms with van der Waals surface area (Å²) in [5, 5.41) is 2.47. The van der Waals surface area contributed by atoms with E-state index in [0.717, 1.165) is 6.20 Å². The second-order valence-electron chi connectivity index (χ2n) is 3.61. The normalized spacial score (nSPS) is 26.9. The summed E-state index contributed by atoms with van der Waals surface area (Å²) in [7, 11) is 3.78. The SMILES string of the molecule is CN(C)CCC1(N)N=C(N)NC=C1F. The van der Waals surface area contributed by atoms with Gasteiger partial charge in [0.25, 0.3) is 0 Å². The Morgan fingerprint density at radius 1 is 1.64 bits per heavy atom. The predicted molar refractivity (Wildman–Crippen MR) is 54.0 cm³/mol. The molecule has 0 aromatic heterocycles. The zero-order valence-corrected chi connectivity index (χ0v) is 8.42. The van der Waals surface area contributed by atoms with E-state index in [9.17, 15) is 4.39 Å². The molecular formula is C8H16FN5. The molecule has 0 bridgehead atoms. The maximum absolute atomic E-state index is 13.3. The van der Waals surface area contributed by atoms with Gasteiger partial charge in [-0.1, -0.05) is 0 Å². The molecule has 1 aliphatic rings. The quantitative estimate of drug-likeness (QED) is 0.565. The van der Waals surface area contributed by atoms with Crippen molar-refractivity contribution in [1.82, 2.24) is 10.2 Å². The van der Waals surface area contributed by atoms with Gasteiger partial charge in [0.15, 0.2) is 17.4 Å². The van der Waals surface area contributed by atoms with Crippen LogP contribution in [0.4, 0.5) is 4.39 Å². The van der Waals surface area contributed by atoms with Gasteiger partial charge in [0.05, 0.1) is 0 Å². The van der Waals surface area contributed by atoms with Gasteiger partial charge in [-0.25, -0.2) is 9.38 Å². The lowest BCUT2D eigenvalue weighted by Gasteiger charge is -2.28. The summed E-state index contributed by atoms with van der Waals surface area (Å²) in [6.07, 6.45) is 1.54. The smallest absolute Gasteiger partial charge is 0.195 e. The number of hydrogen-bond donors (Lipinski definition) is 3. The summed E-state index contributed by atoms with van der Waals surface area (Å²) in [5.74, 6) is -0.346. The molecule has 5 nitrogen and oxygen atoms in total. The van der Waals surface area contributed by atoms with Crippen LogP contribution < -0.4 is 16.8 Å². The van der Waals surface area contributed by atoms with E-state index in [-0.39, 0.29) is 5.96 Å². The lowest BCUT2D eigenvalue weighted by Crippen LogP contribution is -2.48. The van der Waals surface area contributed by atoms with Gasteiger partial charge in [-0.2, -0.15) is 0 Å². The molecule has 80 valence electrons. The molecule has 0 saturated heterocycles. The molecule has 0 saturated carbocycles. The Kier molecular flexibility index (Phi) is 3.07. The molecule has 1 atom stereocenters. The Morgan fingerprint density at radius 2 is 2.29 bits per heavy atom. The first-order valence-corrected chi connectivity index (χ1v) is 4.36. The number of nitrogens with zero attached hydrogens (tertiary/aromatic N) is 2. The van der Waals surface area contributed by atoms with E-state index in [2.05, 4.69) is 10.3 Å². The van der Waals surface area contributed by atoms with Crippen molar-refractivity contribution in [3.05, 3.63) is 12.0 Å². The van der Waals surface area contributed by atoms with Crippen molar-refractivity contribution in [2.24, 2.45) is 16.5 Å². The van der Waals surface area contributed by atoms with Crippen LogP contribution in [0.2, 0.25) is 0 Å². The van der Waals surface area contributed by atoms with E-state index in [1.807, 2.05) is 19.0 Å². The lowest BCUT2D eigenvalue weighted by molar-refractivity contribution is 0.311. The third kappa shape index (κ3) is 2.43. The Labute approximate surface area is 82.6 Å². The van der Waals surface area contributed by atoms with Crippen LogP contribution in [0.1, 0.15) is 6.42 Å². The van der Waals surface area contributed by atoms with E-state index in [0.29, 0.717) is 13.0 Å². The van der Waals surface area contributed by atoms with Gasteiger partial charge in [0.1, 0.15) is 0 Å². The fourth-order valence-corrected chi connectivity index (χ4v) is 1.13. The summed E-state index contributed by atoms with van der Waals surface area (Å²) >= 11 is 0. The number of guanidine groups is 1. The van der Waals surface area contributed by atoms with Crippen LogP contribution >= 0.6 is 0 Å². The summed E-state index contributed by atoms with van der Waals surface area (Å²) in [4.78, 5) is 5.77. The second-order valence-corrected chi connectivity index (χ2v) is 3.61. The van der Waals surface area contributed by atoms with Crippen LogP contribution in [0, 0.1) is 0 Å². The van der Waals surface area contributed by atoms with Crippen molar-refractivity contribution in [2.45, 2.75) is 12.1 Å². The molecule has 0 aromatic carbocycles. The summed E-state index contributed by atoms with van der Waals surface area (Å²) in [6, 6.07) is 0. The van der Waals surface area contributed by atoms with Gasteiger partial charge in [0, 0.05) is 19.2 Å². The highest BCUT2D eigenvalue weighted by Gasteiger charge is 2.32. The Hall–Kier alpha value is -1.14. The van der Waals surface area contributed by atoms with Gasteiger partial charge in [0.2, 0.25) is 0 Å². The number of hydrogen-bond acceptors (Lipinski definition) is 5. The van der Waals surface area contributed by atoms with Crippen molar-refractivity contribution < 1.29 is 4.39 Å². The third-order valence-corrected chi connectivity index (χ3v) is 2.02. The second kappa shape index (κ2) is 3.93. The molecular weight excluding hydrogens is 185 g/mol. The first-order valence-electron chi connectivity index (χ1n) is 4.36. The molecule has 1 heterocycles. The molecule has 6 heteroatoms. The van der Waals surface area contributed by atoms with Crippen LogP contribution in [-0.2, 0) is 0 Å². The zero-order chi connectivity index (χ0) is 10.8. The largest absolute Gasteiger partial charge is 0.370 e. The van der Waals surface area contributed by atoms with Crippen LogP contribution in [0.5, 0.6) is 0 Å². The van der Waals surface area contributed by atoms with Gasteiger partial charge in [-0.3, -0.25) is 0 Å². The molecule has 0 amide bonds. The molecule has 1 rings (SSSR count). The highest BCUT2D eigenvalue weighted by molar-refractivity contribution is 5.80. The van der Waals surface area contributed by atoms with E-state index in [1.165, 1.54) is 0 Å². The van der Waals surface area contributed by atoms with Crippen molar-refractivity contribution >= 4 is 5.96 Å². The third-order valence-electron chi connectivity index (χ3n) is 2.02. The molecule has 0 radical (unpaired) electrons. The standard InChI is InChI=1S/C8H16FN5/c1-14(2)4-3-8(11)6(9)5-12-7(10)13-8/h5H,3-4,11H2,1-2H3,(H3,10,12,13). The minimum atomic E-state index is -1.31. The van der Waals surface area contributed by atoms with E-state index in [1.54, 1.807) is 0 Å². The van der Waals surface area contributed by atoms with Gasteiger partial charge in [-0.05, 0) is 14.1 Å². The minimum absolute atomic E-state index is 0.146. The monoisotopic (exact) mass is 201 g/mol. The average molecular weight is 201 g/mol. The highest BCUT2D eigenvalue weighted by Crippen LogP contribution is 2.22. The van der Waals surface area contributed by atoms with Gasteiger partial charge >= 0.3 is 0 Å². The molecule has 14 heavy (non-hydrogen) atoms. The number of nitrogens with one attached hydrogen (secondary N) is 1. The Bertz CT molecular complexity index is 273. The summed E-state index contributed by atoms with van der Waals surface area (Å²) in [6.45, 7) is 0.647. The fraction of sp³-hybridized carbons (Fsp3) is 0.625. The van der Waals surface area contributed by atoms with Crippen LogP contribution in [0.15, 0.2) is 17.0 Å². The van der Waals surface area contributed by atoms with E-state index < -0.39 is 11.5 Å². The number of rotatable bonds is 3.